The molecule has 0 spiro atoms. The summed E-state index contributed by atoms with van der Waals surface area (Å²) >= 11 is 0. The summed E-state index contributed by atoms with van der Waals surface area (Å²) in [5.41, 5.74) is 2.07. The van der Waals surface area contributed by atoms with E-state index in [1.807, 2.05) is 0 Å². The zero-order valence-corrected chi connectivity index (χ0v) is 12.2. The van der Waals surface area contributed by atoms with Crippen molar-refractivity contribution >= 4 is 22.4 Å². The molecule has 0 atom stereocenters. The number of halogens is 3. The molecule has 0 radical (unpaired) electrons. The SMILES string of the molecule is N=C(CC(=O)c1ccco1)C(F)(F)F.c1cc2c3nc-2ccc3c1. The Morgan fingerprint density at radius 1 is 1.12 bits per heavy atom. The number of Topliss-reactive ketones (excluding diaryl/α,β-unsaturated/α-hetero) is 1. The highest BCUT2D eigenvalue weighted by Gasteiger charge is 2.35. The van der Waals surface area contributed by atoms with Crippen LogP contribution in [0.2, 0.25) is 0 Å². The number of hydrogen-bond acceptors (Lipinski definition) is 4. The van der Waals surface area contributed by atoms with Crippen LogP contribution < -0.4 is 0 Å². The molecule has 4 rings (SSSR count). The number of pyridine rings is 1. The lowest BCUT2D eigenvalue weighted by Gasteiger charge is -2.14. The monoisotopic (exact) mass is 332 g/mol. The van der Waals surface area contributed by atoms with Crippen LogP contribution in [0, 0.1) is 5.41 Å². The van der Waals surface area contributed by atoms with Gasteiger partial charge in [-0.2, -0.15) is 13.2 Å². The van der Waals surface area contributed by atoms with Gasteiger partial charge in [0.2, 0.25) is 5.78 Å². The molecular formula is C17H11F3N2O2. The minimum absolute atomic E-state index is 0.168. The first-order valence-electron chi connectivity index (χ1n) is 6.98. The molecule has 4 nitrogen and oxygen atoms in total. The number of fused-ring (bicyclic) bond motifs is 2. The lowest BCUT2D eigenvalue weighted by atomic mass is 9.99. The van der Waals surface area contributed by atoms with Crippen molar-refractivity contribution in [3.05, 3.63) is 54.5 Å². The molecule has 3 heterocycles. The van der Waals surface area contributed by atoms with Crippen molar-refractivity contribution in [2.24, 2.45) is 0 Å². The maximum absolute atomic E-state index is 11.8. The van der Waals surface area contributed by atoms with E-state index in [0.29, 0.717) is 0 Å². The first-order chi connectivity index (χ1) is 11.4. The van der Waals surface area contributed by atoms with Gasteiger partial charge in [0.1, 0.15) is 5.71 Å². The topological polar surface area (TPSA) is 67.0 Å². The number of rotatable bonds is 3. The highest BCUT2D eigenvalue weighted by atomic mass is 19.4. The minimum atomic E-state index is -4.75. The molecule has 1 aliphatic heterocycles. The summed E-state index contributed by atoms with van der Waals surface area (Å²) in [5, 5.41) is 7.84. The summed E-state index contributed by atoms with van der Waals surface area (Å²) in [6, 6.07) is 13.1. The van der Waals surface area contributed by atoms with Crippen LogP contribution in [0.15, 0.2) is 53.1 Å². The molecule has 2 bridgehead atoms. The number of hydrogen-bond donors (Lipinski definition) is 1. The molecule has 1 N–H and O–H groups in total. The third kappa shape index (κ3) is 3.05. The molecule has 0 saturated heterocycles. The van der Waals surface area contributed by atoms with E-state index in [9.17, 15) is 18.0 Å². The molecule has 24 heavy (non-hydrogen) atoms. The van der Waals surface area contributed by atoms with Gasteiger partial charge in [-0.15, -0.1) is 0 Å². The van der Waals surface area contributed by atoms with Gasteiger partial charge in [0, 0.05) is 10.9 Å². The molecule has 0 amide bonds. The van der Waals surface area contributed by atoms with E-state index < -0.39 is 24.1 Å². The maximum atomic E-state index is 11.8. The Balaban J connectivity index is 0.000000147. The van der Waals surface area contributed by atoms with Gasteiger partial charge in [-0.25, -0.2) is 4.98 Å². The second-order valence-corrected chi connectivity index (χ2v) is 5.13. The number of alkyl halides is 3. The third-order valence-electron chi connectivity index (χ3n) is 3.47. The predicted molar refractivity (Wildman–Crippen MR) is 82.2 cm³/mol. The Kier molecular flexibility index (Phi) is 3.92. The molecule has 0 saturated carbocycles. The van der Waals surface area contributed by atoms with Crippen molar-refractivity contribution in [3.63, 3.8) is 0 Å². The van der Waals surface area contributed by atoms with Crippen LogP contribution in [0.1, 0.15) is 17.0 Å². The van der Waals surface area contributed by atoms with E-state index in [0.717, 1.165) is 5.69 Å². The Labute approximate surface area is 134 Å². The van der Waals surface area contributed by atoms with Crippen molar-refractivity contribution in [2.45, 2.75) is 12.6 Å². The third-order valence-corrected chi connectivity index (χ3v) is 3.47. The van der Waals surface area contributed by atoms with Gasteiger partial charge in [-0.05, 0) is 18.2 Å². The number of ketones is 1. The first-order valence-corrected chi connectivity index (χ1v) is 6.98. The van der Waals surface area contributed by atoms with Gasteiger partial charge in [0.15, 0.2) is 5.76 Å². The standard InChI is InChI=1S/C9H5N.C8H6F3NO2/c1-2-6-4-5-8-7(3-1)9(6)10-8;9-8(10,11)7(12)4-5(13)6-2-1-3-14-6/h1-5H;1-3,12H,4H2. The van der Waals surface area contributed by atoms with Crippen LogP contribution in [-0.4, -0.2) is 22.7 Å². The lowest BCUT2D eigenvalue weighted by Crippen LogP contribution is -2.24. The quantitative estimate of drug-likeness (QED) is 0.439. The lowest BCUT2D eigenvalue weighted by molar-refractivity contribution is -0.0609. The van der Waals surface area contributed by atoms with Crippen molar-refractivity contribution in [1.82, 2.24) is 4.98 Å². The van der Waals surface area contributed by atoms with Gasteiger partial charge >= 0.3 is 6.18 Å². The number of carbonyl (C=O) groups is 1. The molecule has 7 heteroatoms. The van der Waals surface area contributed by atoms with Crippen LogP contribution in [-0.2, 0) is 0 Å². The Morgan fingerprint density at radius 2 is 1.92 bits per heavy atom. The molecule has 2 aromatic heterocycles. The number of nitrogens with one attached hydrogen (secondary N) is 1. The van der Waals surface area contributed by atoms with Crippen molar-refractivity contribution in [2.75, 3.05) is 0 Å². The van der Waals surface area contributed by atoms with Crippen LogP contribution >= 0.6 is 0 Å². The number of furan rings is 1. The van der Waals surface area contributed by atoms with E-state index in [4.69, 9.17) is 5.41 Å². The zero-order chi connectivity index (χ0) is 17.3. The summed E-state index contributed by atoms with van der Waals surface area (Å²) in [5.74, 6) is -1.02. The van der Waals surface area contributed by atoms with Crippen molar-refractivity contribution in [3.8, 4) is 11.3 Å². The number of aromatic nitrogens is 1. The highest BCUT2D eigenvalue weighted by molar-refractivity contribution is 6.09. The van der Waals surface area contributed by atoms with Gasteiger partial charge in [-0.1, -0.05) is 24.3 Å². The smallest absolute Gasteiger partial charge is 0.429 e. The van der Waals surface area contributed by atoms with Crippen LogP contribution in [0.4, 0.5) is 13.2 Å². The largest absolute Gasteiger partial charge is 0.461 e. The summed E-state index contributed by atoms with van der Waals surface area (Å²) in [4.78, 5) is 15.3. The molecule has 0 unspecified atom stereocenters. The molecular weight excluding hydrogens is 321 g/mol. The highest BCUT2D eigenvalue weighted by Crippen LogP contribution is 2.34. The molecule has 0 fully saturated rings. The van der Waals surface area contributed by atoms with Gasteiger partial charge < -0.3 is 9.83 Å². The van der Waals surface area contributed by atoms with E-state index >= 15 is 0 Å². The van der Waals surface area contributed by atoms with E-state index in [1.165, 1.54) is 34.9 Å². The fraction of sp³-hybridized carbons (Fsp3) is 0.118. The van der Waals surface area contributed by atoms with Gasteiger partial charge in [-0.3, -0.25) is 4.79 Å². The average Bonchev–Trinajstić information content (AvgIpc) is 3.04. The Bertz CT molecular complexity index is 903. The summed E-state index contributed by atoms with van der Waals surface area (Å²) in [7, 11) is 0. The van der Waals surface area contributed by atoms with Crippen molar-refractivity contribution in [1.29, 1.82) is 5.41 Å². The average molecular weight is 332 g/mol. The summed E-state index contributed by atoms with van der Waals surface area (Å²) in [6.07, 6.45) is -4.55. The van der Waals surface area contributed by atoms with E-state index in [1.54, 1.807) is 0 Å². The summed E-state index contributed by atoms with van der Waals surface area (Å²) in [6.45, 7) is 0. The fourth-order valence-electron chi connectivity index (χ4n) is 2.24. The maximum Gasteiger partial charge on any atom is 0.429 e. The second-order valence-electron chi connectivity index (χ2n) is 5.13. The minimum Gasteiger partial charge on any atom is -0.461 e. The summed E-state index contributed by atoms with van der Waals surface area (Å²) < 4.78 is 40.1. The Morgan fingerprint density at radius 3 is 2.46 bits per heavy atom. The van der Waals surface area contributed by atoms with Crippen LogP contribution in [0.25, 0.3) is 22.2 Å². The van der Waals surface area contributed by atoms with E-state index in [2.05, 4.69) is 39.7 Å². The van der Waals surface area contributed by atoms with E-state index in [-0.39, 0.29) is 5.76 Å². The van der Waals surface area contributed by atoms with Gasteiger partial charge in [0.05, 0.1) is 23.9 Å². The number of carbonyl (C=O) groups excluding carboxylic acids is 1. The normalized spacial score (nSPS) is 11.6. The predicted octanol–water partition coefficient (Wildman–Crippen LogP) is 4.65. The molecule has 122 valence electrons. The second kappa shape index (κ2) is 5.92. The molecule has 0 aliphatic carbocycles. The number of benzene rings is 2. The molecule has 1 aliphatic rings. The zero-order valence-electron chi connectivity index (χ0n) is 12.2. The number of para-hydroxylation sites is 1. The first kappa shape index (κ1) is 15.9. The Hall–Kier alpha value is -2.96. The number of nitrogens with zero attached hydrogens (tertiary/aromatic N) is 1. The molecule has 3 aromatic rings. The fourth-order valence-corrected chi connectivity index (χ4v) is 2.24. The van der Waals surface area contributed by atoms with Gasteiger partial charge in [0.25, 0.3) is 0 Å². The van der Waals surface area contributed by atoms with Crippen LogP contribution in [0.3, 0.4) is 0 Å². The van der Waals surface area contributed by atoms with Crippen molar-refractivity contribution < 1.29 is 22.4 Å². The molecule has 1 aromatic carbocycles. The van der Waals surface area contributed by atoms with Crippen LogP contribution in [0.5, 0.6) is 0 Å².